The van der Waals surface area contributed by atoms with Gasteiger partial charge in [0.25, 0.3) is 5.91 Å². The zero-order valence-corrected chi connectivity index (χ0v) is 17.3. The number of nitrogens with one attached hydrogen (secondary N) is 1. The molecule has 0 unspecified atom stereocenters. The molecule has 1 amide bonds. The van der Waals surface area contributed by atoms with Crippen molar-refractivity contribution in [1.29, 1.82) is 5.26 Å². The monoisotopic (exact) mass is 476 g/mol. The number of nitrogens with zero attached hydrogens (tertiary/aromatic N) is 9. The van der Waals surface area contributed by atoms with E-state index in [1.54, 1.807) is 18.2 Å². The van der Waals surface area contributed by atoms with Crippen molar-refractivity contribution in [2.24, 2.45) is 0 Å². The van der Waals surface area contributed by atoms with Gasteiger partial charge in [0.2, 0.25) is 0 Å². The Hall–Kier alpha value is -5.19. The van der Waals surface area contributed by atoms with E-state index in [1.807, 2.05) is 6.07 Å². The van der Waals surface area contributed by atoms with Gasteiger partial charge in [-0.25, -0.2) is 14.6 Å². The highest BCUT2D eigenvalue weighted by Gasteiger charge is 2.41. The summed E-state index contributed by atoms with van der Waals surface area (Å²) in [6, 6.07) is 7.80. The van der Waals surface area contributed by atoms with Crippen molar-refractivity contribution in [2.45, 2.75) is 6.18 Å². The predicted molar refractivity (Wildman–Crippen MR) is 113 cm³/mol. The first kappa shape index (κ1) is 21.6. The van der Waals surface area contributed by atoms with Crippen molar-refractivity contribution < 1.29 is 18.0 Å². The molecule has 0 aromatic carbocycles. The van der Waals surface area contributed by atoms with Gasteiger partial charge in [-0.05, 0) is 24.3 Å². The third-order valence-electron chi connectivity index (χ3n) is 4.84. The zero-order chi connectivity index (χ0) is 24.6. The first-order chi connectivity index (χ1) is 16.9. The number of fused-ring (bicyclic) bond motifs is 1. The summed E-state index contributed by atoms with van der Waals surface area (Å²) in [6.45, 7) is 0. The van der Waals surface area contributed by atoms with Crippen molar-refractivity contribution >= 4 is 22.5 Å². The van der Waals surface area contributed by atoms with E-state index in [2.05, 4.69) is 35.6 Å². The molecule has 0 atom stereocenters. The SMILES string of the molecule is N#Cc1cc(NC(=O)c2cnn(-c3nccc4ncccc34)c2C(F)(F)F)cnc1-n1nccn1. The van der Waals surface area contributed by atoms with E-state index in [0.717, 1.165) is 11.0 Å². The van der Waals surface area contributed by atoms with Crippen molar-refractivity contribution in [3.8, 4) is 17.7 Å². The number of rotatable bonds is 4. The van der Waals surface area contributed by atoms with E-state index in [-0.39, 0.29) is 22.9 Å². The molecule has 1 N–H and O–H groups in total. The minimum absolute atomic E-state index is 0.00167. The Bertz CT molecular complexity index is 1600. The van der Waals surface area contributed by atoms with E-state index < -0.39 is 23.3 Å². The Kier molecular flexibility index (Phi) is 5.13. The molecule has 0 radical (unpaired) electrons. The molecule has 0 fully saturated rings. The third-order valence-corrected chi connectivity index (χ3v) is 4.84. The minimum atomic E-state index is -4.94. The van der Waals surface area contributed by atoms with Crippen LogP contribution in [0.5, 0.6) is 0 Å². The van der Waals surface area contributed by atoms with E-state index >= 15 is 0 Å². The first-order valence-corrected chi connectivity index (χ1v) is 9.80. The first-order valence-electron chi connectivity index (χ1n) is 9.80. The standard InChI is InChI=1S/C21H11F3N10O/c22-21(23,24)17-15(11-31-33(17)19-14-2-1-4-26-16(14)3-5-27-19)20(35)32-13-8-12(9-25)18(28-10-13)34-29-6-7-30-34/h1-8,10-11H,(H,32,35). The van der Waals surface area contributed by atoms with Gasteiger partial charge in [0.1, 0.15) is 11.6 Å². The van der Waals surface area contributed by atoms with Gasteiger partial charge in [0, 0.05) is 17.8 Å². The summed E-state index contributed by atoms with van der Waals surface area (Å²) >= 11 is 0. The quantitative estimate of drug-likeness (QED) is 0.418. The Balaban J connectivity index is 1.54. The zero-order valence-electron chi connectivity index (χ0n) is 17.3. The molecule has 0 aliphatic rings. The summed E-state index contributed by atoms with van der Waals surface area (Å²) in [5.74, 6) is -1.14. The van der Waals surface area contributed by atoms with Gasteiger partial charge in [0.15, 0.2) is 17.3 Å². The molecule has 172 valence electrons. The minimum Gasteiger partial charge on any atom is -0.320 e. The molecular weight excluding hydrogens is 465 g/mol. The molecule has 0 saturated heterocycles. The molecule has 5 aromatic rings. The number of aromatic nitrogens is 8. The van der Waals surface area contributed by atoms with E-state index in [4.69, 9.17) is 0 Å². The largest absolute Gasteiger partial charge is 0.434 e. The number of hydrogen-bond acceptors (Lipinski definition) is 8. The highest BCUT2D eigenvalue weighted by atomic mass is 19.4. The van der Waals surface area contributed by atoms with Crippen LogP contribution in [0.25, 0.3) is 22.5 Å². The average Bonchev–Trinajstić information content (AvgIpc) is 3.54. The summed E-state index contributed by atoms with van der Waals surface area (Å²) in [4.78, 5) is 26.1. The fraction of sp³-hybridized carbons (Fsp3) is 0.0476. The lowest BCUT2D eigenvalue weighted by Gasteiger charge is -2.13. The van der Waals surface area contributed by atoms with Crippen LogP contribution in [0.15, 0.2) is 61.4 Å². The van der Waals surface area contributed by atoms with Gasteiger partial charge in [-0.1, -0.05) is 0 Å². The lowest BCUT2D eigenvalue weighted by Crippen LogP contribution is -2.21. The number of alkyl halides is 3. The third kappa shape index (κ3) is 3.91. The van der Waals surface area contributed by atoms with Crippen molar-refractivity contribution in [3.63, 3.8) is 0 Å². The summed E-state index contributed by atoms with van der Waals surface area (Å²) in [5, 5.41) is 23.6. The van der Waals surface area contributed by atoms with E-state index in [9.17, 15) is 23.2 Å². The van der Waals surface area contributed by atoms with Crippen molar-refractivity contribution in [1.82, 2.24) is 39.7 Å². The predicted octanol–water partition coefficient (Wildman–Crippen LogP) is 2.93. The molecule has 0 saturated carbocycles. The number of nitriles is 1. The maximum Gasteiger partial charge on any atom is 0.434 e. The summed E-state index contributed by atoms with van der Waals surface area (Å²) in [6.07, 6.45) is 2.60. The second-order valence-electron chi connectivity index (χ2n) is 7.00. The fourth-order valence-electron chi connectivity index (χ4n) is 3.40. The summed E-state index contributed by atoms with van der Waals surface area (Å²) in [7, 11) is 0. The molecule has 35 heavy (non-hydrogen) atoms. The molecular formula is C21H11F3N10O. The lowest BCUT2D eigenvalue weighted by molar-refractivity contribution is -0.143. The van der Waals surface area contributed by atoms with Gasteiger partial charge in [-0.3, -0.25) is 9.78 Å². The van der Waals surface area contributed by atoms with Gasteiger partial charge in [-0.15, -0.1) is 4.80 Å². The smallest absolute Gasteiger partial charge is 0.320 e. The maximum atomic E-state index is 14.1. The lowest BCUT2D eigenvalue weighted by atomic mass is 10.2. The molecule has 5 rings (SSSR count). The molecule has 14 heteroatoms. The maximum absolute atomic E-state index is 14.1. The molecule has 0 bridgehead atoms. The summed E-state index contributed by atoms with van der Waals surface area (Å²) < 4.78 is 42.9. The number of amides is 1. The second-order valence-corrected chi connectivity index (χ2v) is 7.00. The number of halogens is 3. The summed E-state index contributed by atoms with van der Waals surface area (Å²) in [5.41, 5.74) is -1.65. The highest BCUT2D eigenvalue weighted by molar-refractivity contribution is 6.05. The Morgan fingerprint density at radius 3 is 2.51 bits per heavy atom. The molecule has 0 aliphatic heterocycles. The molecule has 0 spiro atoms. The van der Waals surface area contributed by atoms with Gasteiger partial charge < -0.3 is 5.32 Å². The Morgan fingerprint density at radius 1 is 0.971 bits per heavy atom. The van der Waals surface area contributed by atoms with Crippen LogP contribution >= 0.6 is 0 Å². The fourth-order valence-corrected chi connectivity index (χ4v) is 3.40. The van der Waals surface area contributed by atoms with Crippen LogP contribution < -0.4 is 5.32 Å². The normalized spacial score (nSPS) is 11.4. The number of carbonyl (C=O) groups is 1. The van der Waals surface area contributed by atoms with Crippen LogP contribution in [-0.2, 0) is 6.18 Å². The topological polar surface area (TPSA) is 140 Å². The number of hydrogen-bond donors (Lipinski definition) is 1. The Labute approximate surface area is 193 Å². The van der Waals surface area contributed by atoms with Crippen LogP contribution in [0.4, 0.5) is 18.9 Å². The van der Waals surface area contributed by atoms with Gasteiger partial charge in [0.05, 0.1) is 41.6 Å². The average molecular weight is 476 g/mol. The van der Waals surface area contributed by atoms with E-state index in [0.29, 0.717) is 15.6 Å². The van der Waals surface area contributed by atoms with Gasteiger partial charge in [-0.2, -0.15) is 33.7 Å². The Morgan fingerprint density at radius 2 is 1.77 bits per heavy atom. The number of anilines is 1. The molecule has 0 aliphatic carbocycles. The van der Waals surface area contributed by atoms with Crippen LogP contribution in [-0.4, -0.2) is 45.6 Å². The van der Waals surface area contributed by atoms with Crippen LogP contribution in [0.3, 0.4) is 0 Å². The van der Waals surface area contributed by atoms with Gasteiger partial charge >= 0.3 is 6.18 Å². The van der Waals surface area contributed by atoms with E-state index in [1.165, 1.54) is 37.1 Å². The molecule has 5 heterocycles. The molecule has 11 nitrogen and oxygen atoms in total. The number of carbonyl (C=O) groups excluding carboxylic acids is 1. The van der Waals surface area contributed by atoms with Crippen LogP contribution in [0.1, 0.15) is 21.6 Å². The number of pyridine rings is 3. The second kappa shape index (κ2) is 8.30. The molecule has 5 aromatic heterocycles. The van der Waals surface area contributed by atoms with Crippen molar-refractivity contribution in [3.05, 3.63) is 78.3 Å². The van der Waals surface area contributed by atoms with Crippen LogP contribution in [0, 0.1) is 11.3 Å². The van der Waals surface area contributed by atoms with Crippen molar-refractivity contribution in [2.75, 3.05) is 5.32 Å². The van der Waals surface area contributed by atoms with Crippen LogP contribution in [0.2, 0.25) is 0 Å². The highest BCUT2D eigenvalue weighted by Crippen LogP contribution is 2.35.